The normalized spacial score (nSPS) is 23.0. The van der Waals surface area contributed by atoms with E-state index in [1.54, 1.807) is 23.1 Å². The quantitative estimate of drug-likeness (QED) is 0.558. The number of carbonyl (C=O) groups is 4. The van der Waals surface area contributed by atoms with Crippen LogP contribution in [0.15, 0.2) is 28.0 Å². The van der Waals surface area contributed by atoms with E-state index in [0.717, 1.165) is 42.4 Å². The Kier molecular flexibility index (Phi) is 6.75. The molecular formula is C24H26N4O7S2. The standard InChI is InChI=1S/C24H26N4O7S2/c1-34-13-7-6-12(10-14(13)35-2)16-17-18(21(31)28(20(17)30)23(25)32)36-22-19(16)37-24(33)27(22)11-15(29)26-8-4-3-5-9-26/h6-7,10,16-18H,3-5,8-9,11H2,1-2H3,(H2,25,32)/t16-,17+,18-/m0/s1. The van der Waals surface area contributed by atoms with E-state index in [1.165, 1.54) is 18.8 Å². The Hall–Kier alpha value is -3.32. The number of nitrogens with two attached hydrogens (primary N) is 1. The molecule has 2 N–H and O–H groups in total. The van der Waals surface area contributed by atoms with Gasteiger partial charge in [0.2, 0.25) is 11.8 Å². The van der Waals surface area contributed by atoms with Crippen LogP contribution in [0, 0.1) is 5.92 Å². The number of piperidine rings is 1. The Bertz CT molecular complexity index is 1350. The number of carbonyl (C=O) groups excluding carboxylic acids is 4. The zero-order chi connectivity index (χ0) is 26.4. The van der Waals surface area contributed by atoms with Gasteiger partial charge in [0.15, 0.2) is 11.5 Å². The molecule has 1 aromatic carbocycles. The largest absolute Gasteiger partial charge is 0.493 e. The number of nitrogens with zero attached hydrogens (tertiary/aromatic N) is 3. The van der Waals surface area contributed by atoms with Crippen molar-refractivity contribution in [3.63, 3.8) is 0 Å². The van der Waals surface area contributed by atoms with E-state index in [4.69, 9.17) is 15.2 Å². The number of primary amides is 1. The van der Waals surface area contributed by atoms with Crippen molar-refractivity contribution >= 4 is 46.9 Å². The molecule has 3 aliphatic heterocycles. The molecular weight excluding hydrogens is 520 g/mol. The molecule has 11 nitrogen and oxygen atoms in total. The summed E-state index contributed by atoms with van der Waals surface area (Å²) in [5.74, 6) is -2.41. The smallest absolute Gasteiger partial charge is 0.328 e. The average Bonchev–Trinajstić information content (AvgIpc) is 3.34. The van der Waals surface area contributed by atoms with Crippen LogP contribution in [0.3, 0.4) is 0 Å². The van der Waals surface area contributed by atoms with Gasteiger partial charge >= 0.3 is 10.9 Å². The van der Waals surface area contributed by atoms with Crippen molar-refractivity contribution in [1.82, 2.24) is 14.4 Å². The second-order valence-corrected chi connectivity index (χ2v) is 11.2. The second kappa shape index (κ2) is 9.86. The van der Waals surface area contributed by atoms with E-state index in [2.05, 4.69) is 0 Å². The predicted octanol–water partition coefficient (Wildman–Crippen LogP) is 1.61. The van der Waals surface area contributed by atoms with Gasteiger partial charge in [0, 0.05) is 23.9 Å². The molecule has 3 atom stereocenters. The van der Waals surface area contributed by atoms with Crippen LogP contribution in [-0.2, 0) is 20.9 Å². The lowest BCUT2D eigenvalue weighted by atomic mass is 9.83. The molecule has 1 aromatic heterocycles. The number of rotatable bonds is 5. The van der Waals surface area contributed by atoms with E-state index in [9.17, 15) is 24.0 Å². The van der Waals surface area contributed by atoms with Crippen LogP contribution in [0.2, 0.25) is 0 Å². The Morgan fingerprint density at radius 2 is 1.73 bits per heavy atom. The van der Waals surface area contributed by atoms with Gasteiger partial charge in [-0.15, -0.1) is 0 Å². The molecule has 0 aliphatic carbocycles. The van der Waals surface area contributed by atoms with Crippen LogP contribution in [0.1, 0.15) is 35.6 Å². The fraction of sp³-hybridized carbons (Fsp3) is 0.458. The Morgan fingerprint density at radius 3 is 2.38 bits per heavy atom. The molecule has 0 unspecified atom stereocenters. The minimum Gasteiger partial charge on any atom is -0.493 e. The average molecular weight is 547 g/mol. The Balaban J connectivity index is 1.62. The van der Waals surface area contributed by atoms with Gasteiger partial charge in [0.1, 0.15) is 11.8 Å². The first kappa shape index (κ1) is 25.3. The van der Waals surface area contributed by atoms with Crippen molar-refractivity contribution < 1.29 is 28.7 Å². The van der Waals surface area contributed by atoms with Gasteiger partial charge in [0.05, 0.1) is 25.2 Å². The highest BCUT2D eigenvalue weighted by Gasteiger charge is 2.58. The van der Waals surface area contributed by atoms with Crippen LogP contribution in [-0.4, -0.2) is 70.7 Å². The van der Waals surface area contributed by atoms with Gasteiger partial charge in [0.25, 0.3) is 5.91 Å². The van der Waals surface area contributed by atoms with Crippen LogP contribution >= 0.6 is 23.1 Å². The van der Waals surface area contributed by atoms with Crippen molar-refractivity contribution in [2.45, 2.75) is 42.0 Å². The highest BCUT2D eigenvalue weighted by Crippen LogP contribution is 2.54. The Morgan fingerprint density at radius 1 is 1.03 bits per heavy atom. The number of urea groups is 1. The van der Waals surface area contributed by atoms with Crippen LogP contribution in [0.4, 0.5) is 4.79 Å². The molecule has 2 aromatic rings. The molecule has 5 amide bonds. The van der Waals surface area contributed by atoms with Gasteiger partial charge in [-0.25, -0.2) is 4.79 Å². The maximum Gasteiger partial charge on any atom is 0.328 e. The lowest BCUT2D eigenvalue weighted by Gasteiger charge is -2.31. The third kappa shape index (κ3) is 4.19. The molecule has 0 saturated carbocycles. The molecule has 0 spiro atoms. The number of amides is 5. The zero-order valence-electron chi connectivity index (χ0n) is 20.3. The first-order chi connectivity index (χ1) is 17.8. The van der Waals surface area contributed by atoms with E-state index >= 15 is 0 Å². The molecule has 0 radical (unpaired) electrons. The molecule has 37 heavy (non-hydrogen) atoms. The number of methoxy groups -OCH3 is 2. The zero-order valence-corrected chi connectivity index (χ0v) is 21.9. The van der Waals surface area contributed by atoms with Gasteiger partial charge < -0.3 is 20.1 Å². The predicted molar refractivity (Wildman–Crippen MR) is 135 cm³/mol. The van der Waals surface area contributed by atoms with Gasteiger partial charge in [-0.05, 0) is 37.0 Å². The fourth-order valence-corrected chi connectivity index (χ4v) is 8.03. The summed E-state index contributed by atoms with van der Waals surface area (Å²) in [6, 6.07) is 3.97. The second-order valence-electron chi connectivity index (χ2n) is 9.07. The SMILES string of the molecule is COc1ccc([C@@H]2c3sc(=O)n(CC(=O)N4CCCCC4)c3S[C@@H]3C(=O)N(C(N)=O)C(=O)[C@H]23)cc1OC. The Labute approximate surface area is 220 Å². The number of hydrogen-bond acceptors (Lipinski definition) is 9. The summed E-state index contributed by atoms with van der Waals surface area (Å²) in [4.78, 5) is 67.2. The molecule has 3 aliphatic rings. The van der Waals surface area contributed by atoms with Crippen molar-refractivity contribution in [3.05, 3.63) is 38.3 Å². The van der Waals surface area contributed by atoms with Crippen LogP contribution < -0.4 is 20.1 Å². The van der Waals surface area contributed by atoms with Crippen molar-refractivity contribution in [3.8, 4) is 11.5 Å². The number of fused-ring (bicyclic) bond motifs is 2. The van der Waals surface area contributed by atoms with E-state index < -0.39 is 34.9 Å². The lowest BCUT2D eigenvalue weighted by Crippen LogP contribution is -2.41. The summed E-state index contributed by atoms with van der Waals surface area (Å²) in [7, 11) is 2.98. The third-order valence-electron chi connectivity index (χ3n) is 7.04. The van der Waals surface area contributed by atoms with E-state index in [0.29, 0.717) is 45.0 Å². The molecule has 2 fully saturated rings. The number of thioether (sulfide) groups is 1. The van der Waals surface area contributed by atoms with Gasteiger partial charge in [-0.1, -0.05) is 29.2 Å². The number of hydrogen-bond donors (Lipinski definition) is 1. The molecule has 13 heteroatoms. The first-order valence-electron chi connectivity index (χ1n) is 11.8. The van der Waals surface area contributed by atoms with Crippen LogP contribution in [0.5, 0.6) is 11.5 Å². The van der Waals surface area contributed by atoms with Crippen molar-refractivity contribution in [2.75, 3.05) is 27.3 Å². The number of likely N-dealkylation sites (tertiary alicyclic amines) is 2. The van der Waals surface area contributed by atoms with E-state index in [1.807, 2.05) is 0 Å². The summed E-state index contributed by atoms with van der Waals surface area (Å²) in [5.41, 5.74) is 5.99. The maximum atomic E-state index is 13.3. The molecule has 0 bridgehead atoms. The van der Waals surface area contributed by atoms with Gasteiger partial charge in [-0.3, -0.25) is 23.7 Å². The van der Waals surface area contributed by atoms with Crippen molar-refractivity contribution in [2.24, 2.45) is 11.7 Å². The highest BCUT2D eigenvalue weighted by atomic mass is 32.2. The number of aromatic nitrogens is 1. The molecule has 2 saturated heterocycles. The molecule has 196 valence electrons. The summed E-state index contributed by atoms with van der Waals surface area (Å²) in [6.45, 7) is 1.13. The summed E-state index contributed by atoms with van der Waals surface area (Å²) in [6.07, 6.45) is 2.90. The van der Waals surface area contributed by atoms with E-state index in [-0.39, 0.29) is 17.3 Å². The number of imide groups is 3. The fourth-order valence-electron chi connectivity index (χ4n) is 5.26. The maximum absolute atomic E-state index is 13.3. The highest BCUT2D eigenvalue weighted by molar-refractivity contribution is 8.00. The van der Waals surface area contributed by atoms with Crippen molar-refractivity contribution in [1.29, 1.82) is 0 Å². The summed E-state index contributed by atoms with van der Waals surface area (Å²) in [5, 5.41) is -0.523. The first-order valence-corrected chi connectivity index (χ1v) is 13.5. The number of ether oxygens (including phenoxy) is 2. The lowest BCUT2D eigenvalue weighted by molar-refractivity contribution is -0.136. The minimum absolute atomic E-state index is 0.157. The summed E-state index contributed by atoms with van der Waals surface area (Å²) < 4.78 is 12.2. The number of thiazole rings is 1. The molecule has 4 heterocycles. The van der Waals surface area contributed by atoms with Gasteiger partial charge in [-0.2, -0.15) is 4.90 Å². The monoisotopic (exact) mass is 546 g/mol. The van der Waals surface area contributed by atoms with Crippen LogP contribution in [0.25, 0.3) is 0 Å². The number of benzene rings is 1. The third-order valence-corrected chi connectivity index (χ3v) is 9.64. The molecule has 5 rings (SSSR count). The summed E-state index contributed by atoms with van der Waals surface area (Å²) >= 11 is 1.98. The minimum atomic E-state index is -1.14. The topological polar surface area (TPSA) is 141 Å².